The molecule has 0 fully saturated rings. The minimum Gasteiger partial charge on any atom is -0.330 e. The first kappa shape index (κ1) is 10.6. The third-order valence-electron chi connectivity index (χ3n) is 2.30. The van der Waals surface area contributed by atoms with Crippen LogP contribution >= 0.6 is 0 Å². The number of hydrogen-bond acceptors (Lipinski definition) is 3. The standard InChI is InChI=1S/C12H13N3O/c13-7-6-12(16)10-8-14-15(9-10)11-4-2-1-3-5-11/h1-5,8-9H,6-7,13H2. The van der Waals surface area contributed by atoms with Gasteiger partial charge >= 0.3 is 0 Å². The number of Topliss-reactive ketones (excluding diaryl/α,β-unsaturated/α-hetero) is 1. The van der Waals surface area contributed by atoms with Crippen LogP contribution in [0.25, 0.3) is 5.69 Å². The van der Waals surface area contributed by atoms with Gasteiger partial charge in [0.25, 0.3) is 0 Å². The summed E-state index contributed by atoms with van der Waals surface area (Å²) >= 11 is 0. The molecule has 16 heavy (non-hydrogen) atoms. The Balaban J connectivity index is 2.23. The SMILES string of the molecule is NCCC(=O)c1cnn(-c2ccccc2)c1. The Morgan fingerprint density at radius 3 is 2.75 bits per heavy atom. The third kappa shape index (κ3) is 2.17. The minimum atomic E-state index is 0.0321. The number of benzene rings is 1. The molecule has 0 amide bonds. The van der Waals surface area contributed by atoms with Crippen LogP contribution in [-0.2, 0) is 0 Å². The maximum absolute atomic E-state index is 11.6. The van der Waals surface area contributed by atoms with E-state index in [2.05, 4.69) is 5.10 Å². The van der Waals surface area contributed by atoms with E-state index in [9.17, 15) is 4.79 Å². The number of para-hydroxylation sites is 1. The zero-order valence-corrected chi connectivity index (χ0v) is 8.84. The van der Waals surface area contributed by atoms with Gasteiger partial charge in [0, 0.05) is 12.6 Å². The van der Waals surface area contributed by atoms with Crippen LogP contribution in [-0.4, -0.2) is 22.1 Å². The summed E-state index contributed by atoms with van der Waals surface area (Å²) in [6.45, 7) is 0.370. The van der Waals surface area contributed by atoms with Crippen molar-refractivity contribution in [3.05, 3.63) is 48.3 Å². The van der Waals surface area contributed by atoms with Crippen LogP contribution in [0, 0.1) is 0 Å². The van der Waals surface area contributed by atoms with E-state index in [4.69, 9.17) is 5.73 Å². The highest BCUT2D eigenvalue weighted by Gasteiger charge is 2.07. The lowest BCUT2D eigenvalue weighted by molar-refractivity contribution is 0.0985. The van der Waals surface area contributed by atoms with Gasteiger partial charge in [-0.25, -0.2) is 4.68 Å². The van der Waals surface area contributed by atoms with Crippen molar-refractivity contribution in [1.82, 2.24) is 9.78 Å². The molecule has 0 aliphatic carbocycles. The van der Waals surface area contributed by atoms with Crippen LogP contribution < -0.4 is 5.73 Å². The lowest BCUT2D eigenvalue weighted by Crippen LogP contribution is -2.07. The normalized spacial score (nSPS) is 10.3. The van der Waals surface area contributed by atoms with E-state index in [0.29, 0.717) is 18.5 Å². The topological polar surface area (TPSA) is 60.9 Å². The predicted molar refractivity (Wildman–Crippen MR) is 61.6 cm³/mol. The average molecular weight is 215 g/mol. The molecule has 4 heteroatoms. The van der Waals surface area contributed by atoms with E-state index in [0.717, 1.165) is 5.69 Å². The second kappa shape index (κ2) is 4.72. The van der Waals surface area contributed by atoms with Gasteiger partial charge in [-0.2, -0.15) is 5.10 Å². The molecule has 0 aliphatic rings. The smallest absolute Gasteiger partial charge is 0.167 e. The summed E-state index contributed by atoms with van der Waals surface area (Å²) in [7, 11) is 0. The third-order valence-corrected chi connectivity index (χ3v) is 2.30. The Morgan fingerprint density at radius 1 is 1.31 bits per heavy atom. The van der Waals surface area contributed by atoms with Crippen LogP contribution in [0.15, 0.2) is 42.7 Å². The van der Waals surface area contributed by atoms with Gasteiger partial charge in [-0.15, -0.1) is 0 Å². The summed E-state index contributed by atoms with van der Waals surface area (Å²) in [4.78, 5) is 11.6. The fourth-order valence-corrected chi connectivity index (χ4v) is 1.46. The van der Waals surface area contributed by atoms with Crippen LogP contribution in [0.5, 0.6) is 0 Å². The molecule has 0 bridgehead atoms. The highest BCUT2D eigenvalue weighted by atomic mass is 16.1. The molecule has 0 saturated heterocycles. The van der Waals surface area contributed by atoms with Crippen LogP contribution in [0.2, 0.25) is 0 Å². The van der Waals surface area contributed by atoms with E-state index >= 15 is 0 Å². The quantitative estimate of drug-likeness (QED) is 0.784. The Hall–Kier alpha value is -1.94. The monoisotopic (exact) mass is 215 g/mol. The number of carbonyl (C=O) groups is 1. The number of rotatable bonds is 4. The van der Waals surface area contributed by atoms with E-state index < -0.39 is 0 Å². The van der Waals surface area contributed by atoms with Crippen molar-refractivity contribution in [2.24, 2.45) is 5.73 Å². The molecule has 2 rings (SSSR count). The first-order valence-electron chi connectivity index (χ1n) is 5.14. The first-order valence-corrected chi connectivity index (χ1v) is 5.14. The highest BCUT2D eigenvalue weighted by Crippen LogP contribution is 2.08. The van der Waals surface area contributed by atoms with Crippen molar-refractivity contribution < 1.29 is 4.79 Å². The fourth-order valence-electron chi connectivity index (χ4n) is 1.46. The van der Waals surface area contributed by atoms with E-state index in [1.165, 1.54) is 0 Å². The first-order chi connectivity index (χ1) is 7.81. The molecule has 0 radical (unpaired) electrons. The molecule has 1 aromatic heterocycles. The molecule has 0 saturated carbocycles. The Kier molecular flexibility index (Phi) is 3.12. The van der Waals surface area contributed by atoms with E-state index in [1.54, 1.807) is 17.1 Å². The van der Waals surface area contributed by atoms with Gasteiger partial charge in [0.2, 0.25) is 0 Å². The lowest BCUT2D eigenvalue weighted by atomic mass is 10.2. The van der Waals surface area contributed by atoms with Crippen LogP contribution in [0.3, 0.4) is 0 Å². The van der Waals surface area contributed by atoms with Crippen molar-refractivity contribution in [3.63, 3.8) is 0 Å². The molecule has 0 spiro atoms. The number of nitrogens with zero attached hydrogens (tertiary/aromatic N) is 2. The van der Waals surface area contributed by atoms with Gasteiger partial charge < -0.3 is 5.73 Å². The molecule has 1 aromatic carbocycles. The summed E-state index contributed by atoms with van der Waals surface area (Å²) in [6.07, 6.45) is 3.67. The summed E-state index contributed by atoms with van der Waals surface area (Å²) in [5.74, 6) is 0.0321. The highest BCUT2D eigenvalue weighted by molar-refractivity contribution is 5.95. The minimum absolute atomic E-state index is 0.0321. The Morgan fingerprint density at radius 2 is 2.06 bits per heavy atom. The number of ketones is 1. The molecular weight excluding hydrogens is 202 g/mol. The van der Waals surface area contributed by atoms with Crippen molar-refractivity contribution in [2.75, 3.05) is 6.54 Å². The maximum atomic E-state index is 11.6. The summed E-state index contributed by atoms with van der Waals surface area (Å²) in [5.41, 5.74) is 6.88. The number of nitrogens with two attached hydrogens (primary N) is 1. The van der Waals surface area contributed by atoms with Gasteiger partial charge in [0.05, 0.1) is 17.4 Å². The molecule has 2 aromatic rings. The van der Waals surface area contributed by atoms with Crippen LogP contribution in [0.1, 0.15) is 16.8 Å². The molecule has 4 nitrogen and oxygen atoms in total. The second-order valence-corrected chi connectivity index (χ2v) is 3.47. The lowest BCUT2D eigenvalue weighted by Gasteiger charge is -1.98. The van der Waals surface area contributed by atoms with Crippen molar-refractivity contribution in [2.45, 2.75) is 6.42 Å². The Labute approximate surface area is 93.7 Å². The van der Waals surface area contributed by atoms with Gasteiger partial charge in [0.1, 0.15) is 0 Å². The molecule has 0 atom stereocenters. The fraction of sp³-hybridized carbons (Fsp3) is 0.167. The van der Waals surface area contributed by atoms with Gasteiger partial charge in [-0.1, -0.05) is 18.2 Å². The summed E-state index contributed by atoms with van der Waals surface area (Å²) in [6, 6.07) is 9.67. The molecule has 0 aliphatic heterocycles. The zero-order valence-electron chi connectivity index (χ0n) is 8.84. The second-order valence-electron chi connectivity index (χ2n) is 3.47. The van der Waals surface area contributed by atoms with Crippen molar-refractivity contribution >= 4 is 5.78 Å². The zero-order chi connectivity index (χ0) is 11.4. The summed E-state index contributed by atoms with van der Waals surface area (Å²) < 4.78 is 1.68. The molecule has 82 valence electrons. The van der Waals surface area contributed by atoms with Gasteiger partial charge in [-0.3, -0.25) is 4.79 Å². The predicted octanol–water partition coefficient (Wildman–Crippen LogP) is 1.40. The van der Waals surface area contributed by atoms with Crippen LogP contribution in [0.4, 0.5) is 0 Å². The number of aromatic nitrogens is 2. The number of hydrogen-bond donors (Lipinski definition) is 1. The van der Waals surface area contributed by atoms with Crippen molar-refractivity contribution in [1.29, 1.82) is 0 Å². The maximum Gasteiger partial charge on any atom is 0.167 e. The van der Waals surface area contributed by atoms with E-state index in [1.807, 2.05) is 30.3 Å². The Bertz CT molecular complexity index is 476. The number of carbonyl (C=O) groups excluding carboxylic acids is 1. The van der Waals surface area contributed by atoms with Crippen molar-refractivity contribution in [3.8, 4) is 5.69 Å². The molecule has 1 heterocycles. The van der Waals surface area contributed by atoms with E-state index in [-0.39, 0.29) is 5.78 Å². The molecule has 0 unspecified atom stereocenters. The average Bonchev–Trinajstić information content (AvgIpc) is 2.80. The van der Waals surface area contributed by atoms with Gasteiger partial charge in [-0.05, 0) is 18.7 Å². The molecule has 2 N–H and O–H groups in total. The molecular formula is C12H13N3O. The largest absolute Gasteiger partial charge is 0.330 e. The summed E-state index contributed by atoms with van der Waals surface area (Å²) in [5, 5.41) is 4.14. The van der Waals surface area contributed by atoms with Gasteiger partial charge in [0.15, 0.2) is 5.78 Å².